The summed E-state index contributed by atoms with van der Waals surface area (Å²) in [5, 5.41) is 4.39. The van der Waals surface area contributed by atoms with Crippen molar-refractivity contribution in [2.75, 3.05) is 0 Å². The lowest BCUT2D eigenvalue weighted by molar-refractivity contribution is 0.0375. The van der Waals surface area contributed by atoms with Crippen LogP contribution in [0.15, 0.2) is 53.7 Å². The molecule has 0 aliphatic carbocycles. The predicted octanol–water partition coefficient (Wildman–Crippen LogP) is 4.36. The van der Waals surface area contributed by atoms with Crippen molar-refractivity contribution in [2.24, 2.45) is 0 Å². The molecule has 4 heterocycles. The van der Waals surface area contributed by atoms with Crippen LogP contribution in [0.2, 0.25) is 0 Å². The molecule has 1 aliphatic rings. The van der Waals surface area contributed by atoms with Gasteiger partial charge in [0.25, 0.3) is 0 Å². The van der Waals surface area contributed by atoms with Crippen molar-refractivity contribution in [3.8, 4) is 22.4 Å². The van der Waals surface area contributed by atoms with Crippen LogP contribution in [0.5, 0.6) is 0 Å². The van der Waals surface area contributed by atoms with Gasteiger partial charge in [0.2, 0.25) is 0 Å². The number of imidazole rings is 1. The van der Waals surface area contributed by atoms with E-state index in [9.17, 15) is 0 Å². The van der Waals surface area contributed by atoms with E-state index in [1.165, 1.54) is 26.1 Å². The maximum atomic E-state index is 4.98. The van der Waals surface area contributed by atoms with Gasteiger partial charge in [-0.05, 0) is 11.1 Å². The van der Waals surface area contributed by atoms with Crippen LogP contribution in [0.4, 0.5) is 0 Å². The lowest BCUT2D eigenvalue weighted by atomic mass is 10.1. The van der Waals surface area contributed by atoms with Crippen molar-refractivity contribution < 1.29 is 4.94 Å². The van der Waals surface area contributed by atoms with Crippen LogP contribution >= 0.6 is 22.7 Å². The normalized spacial score (nSPS) is 13.8. The van der Waals surface area contributed by atoms with Gasteiger partial charge in [0, 0.05) is 21.9 Å². The highest BCUT2D eigenvalue weighted by molar-refractivity contribution is 7.27. The maximum Gasteiger partial charge on any atom is 0.0924 e. The van der Waals surface area contributed by atoms with Crippen LogP contribution in [-0.2, 0) is 4.94 Å². The number of hydrogen-bond donors (Lipinski definition) is 3. The fourth-order valence-electron chi connectivity index (χ4n) is 2.78. The lowest BCUT2D eigenvalue weighted by Gasteiger charge is -2.01. The fraction of sp³-hybridized carbons (Fsp3) is 0. The van der Waals surface area contributed by atoms with Gasteiger partial charge in [-0.25, -0.2) is 15.9 Å². The van der Waals surface area contributed by atoms with Crippen LogP contribution in [0, 0.1) is 0 Å². The van der Waals surface area contributed by atoms with Crippen molar-refractivity contribution in [2.45, 2.75) is 0 Å². The first-order chi connectivity index (χ1) is 11.9. The van der Waals surface area contributed by atoms with E-state index in [0.29, 0.717) is 0 Å². The molecule has 7 heteroatoms. The third kappa shape index (κ3) is 2.14. The molecule has 0 atom stereocenters. The summed E-state index contributed by atoms with van der Waals surface area (Å²) in [6.07, 6.45) is 5.37. The molecular weight excluding hydrogens is 340 g/mol. The Morgan fingerprint density at radius 2 is 1.67 bits per heavy atom. The van der Waals surface area contributed by atoms with Gasteiger partial charge in [-0.3, -0.25) is 0 Å². The summed E-state index contributed by atoms with van der Waals surface area (Å²) in [6, 6.07) is 8.57. The molecule has 3 N–H and O–H groups in total. The Morgan fingerprint density at radius 3 is 2.38 bits per heavy atom. The number of benzene rings is 1. The quantitative estimate of drug-likeness (QED) is 0.513. The molecule has 0 spiro atoms. The van der Waals surface area contributed by atoms with Gasteiger partial charge < -0.3 is 4.98 Å². The molecule has 3 aromatic heterocycles. The third-order valence-corrected chi connectivity index (χ3v) is 6.16. The largest absolute Gasteiger partial charge is 0.345 e. The second-order valence-electron chi connectivity index (χ2n) is 5.38. The summed E-state index contributed by atoms with van der Waals surface area (Å²) in [5.41, 5.74) is 12.4. The molecule has 1 aliphatic heterocycles. The van der Waals surface area contributed by atoms with Crippen LogP contribution in [0.1, 0.15) is 5.56 Å². The number of hydroxylamine groups is 2. The van der Waals surface area contributed by atoms with Crippen molar-refractivity contribution in [3.63, 3.8) is 0 Å². The Labute approximate surface area is 145 Å². The van der Waals surface area contributed by atoms with Gasteiger partial charge in [-0.2, -0.15) is 4.94 Å². The molecule has 4 aromatic rings. The molecule has 0 saturated heterocycles. The van der Waals surface area contributed by atoms with Crippen LogP contribution in [0.3, 0.4) is 0 Å². The van der Waals surface area contributed by atoms with E-state index >= 15 is 0 Å². The van der Waals surface area contributed by atoms with Gasteiger partial charge >= 0.3 is 0 Å². The second kappa shape index (κ2) is 5.48. The minimum Gasteiger partial charge on any atom is -0.345 e. The summed E-state index contributed by atoms with van der Waals surface area (Å²) in [7, 11) is 0. The summed E-state index contributed by atoms with van der Waals surface area (Å²) in [5.74, 6) is 0. The van der Waals surface area contributed by atoms with Gasteiger partial charge in [-0.1, -0.05) is 24.3 Å². The fourth-order valence-corrected chi connectivity index (χ4v) is 5.23. The molecule has 0 amide bonds. The van der Waals surface area contributed by atoms with Crippen molar-refractivity contribution in [3.05, 3.63) is 59.3 Å². The Hall–Kier alpha value is -2.61. The zero-order valence-electron chi connectivity index (χ0n) is 12.4. The van der Waals surface area contributed by atoms with Gasteiger partial charge in [0.1, 0.15) is 0 Å². The van der Waals surface area contributed by atoms with Crippen LogP contribution in [-0.4, -0.2) is 9.97 Å². The standard InChI is InChI=1S/C17H12N4OS2/c1-3-11(14-5-18-9-19-14)4-2-10(1)12-7-23-17-13(8-24-16(12)17)15-6-20-22-21-15/h1-9,20-21H,(H,18,19). The molecule has 5 rings (SSSR count). The number of fused-ring (bicyclic) bond motifs is 1. The van der Waals surface area contributed by atoms with Gasteiger partial charge in [0.05, 0.1) is 39.5 Å². The van der Waals surface area contributed by atoms with E-state index in [2.05, 4.69) is 56.0 Å². The first-order valence-corrected chi connectivity index (χ1v) is 9.12. The van der Waals surface area contributed by atoms with E-state index in [4.69, 9.17) is 4.94 Å². The van der Waals surface area contributed by atoms with Crippen LogP contribution < -0.4 is 11.0 Å². The molecule has 0 fully saturated rings. The highest BCUT2D eigenvalue weighted by Gasteiger charge is 2.17. The zero-order chi connectivity index (χ0) is 15.9. The molecule has 5 nitrogen and oxygen atoms in total. The van der Waals surface area contributed by atoms with Crippen molar-refractivity contribution in [1.29, 1.82) is 0 Å². The Morgan fingerprint density at radius 1 is 0.917 bits per heavy atom. The number of aromatic nitrogens is 2. The number of thiophene rings is 2. The maximum absolute atomic E-state index is 4.98. The third-order valence-electron chi connectivity index (χ3n) is 4.00. The highest BCUT2D eigenvalue weighted by atomic mass is 32.1. The van der Waals surface area contributed by atoms with E-state index in [0.717, 1.165) is 17.0 Å². The van der Waals surface area contributed by atoms with E-state index in [1.54, 1.807) is 29.0 Å². The summed E-state index contributed by atoms with van der Waals surface area (Å²) in [6.45, 7) is 0. The predicted molar refractivity (Wildman–Crippen MR) is 98.1 cm³/mol. The molecule has 0 bridgehead atoms. The molecule has 118 valence electrons. The number of hydrogen-bond acceptors (Lipinski definition) is 6. The number of nitrogens with zero attached hydrogens (tertiary/aromatic N) is 1. The zero-order valence-corrected chi connectivity index (χ0v) is 14.0. The summed E-state index contributed by atoms with van der Waals surface area (Å²) >= 11 is 3.52. The number of nitrogens with one attached hydrogen (secondary N) is 3. The van der Waals surface area contributed by atoms with Crippen LogP contribution in [0.25, 0.3) is 37.5 Å². The smallest absolute Gasteiger partial charge is 0.0924 e. The Balaban J connectivity index is 1.55. The second-order valence-corrected chi connectivity index (χ2v) is 7.14. The Bertz CT molecular complexity index is 1030. The van der Waals surface area contributed by atoms with Gasteiger partial charge in [-0.15, -0.1) is 22.7 Å². The summed E-state index contributed by atoms with van der Waals surface area (Å²) < 4.78 is 2.58. The molecule has 0 radical (unpaired) electrons. The molecular formula is C17H12N4OS2. The Kier molecular flexibility index (Phi) is 3.15. The molecule has 0 unspecified atom stereocenters. The van der Waals surface area contributed by atoms with Crippen molar-refractivity contribution in [1.82, 2.24) is 20.9 Å². The molecule has 24 heavy (non-hydrogen) atoms. The number of aromatic amines is 1. The SMILES string of the molecule is C1=C(c2csc3c(-c4ccc(-c5cnc[nH]5)cc4)csc23)NON1. The average Bonchev–Trinajstić information content (AvgIpc) is 3.38. The van der Waals surface area contributed by atoms with Crippen molar-refractivity contribution >= 4 is 37.8 Å². The molecule has 1 aromatic carbocycles. The first-order valence-electron chi connectivity index (χ1n) is 7.36. The van der Waals surface area contributed by atoms with E-state index < -0.39 is 0 Å². The topological polar surface area (TPSA) is 62.0 Å². The first kappa shape index (κ1) is 13.8. The summed E-state index contributed by atoms with van der Waals surface area (Å²) in [4.78, 5) is 12.2. The minimum atomic E-state index is 0.962. The van der Waals surface area contributed by atoms with E-state index in [1.807, 2.05) is 12.4 Å². The van der Waals surface area contributed by atoms with Gasteiger partial charge in [0.15, 0.2) is 0 Å². The average molecular weight is 352 g/mol. The number of H-pyrrole nitrogens is 1. The van der Waals surface area contributed by atoms with E-state index in [-0.39, 0.29) is 0 Å². The monoisotopic (exact) mass is 352 g/mol. The number of rotatable bonds is 3. The minimum absolute atomic E-state index is 0.962. The molecule has 0 saturated carbocycles. The highest BCUT2D eigenvalue weighted by Crippen LogP contribution is 2.42. The lowest BCUT2D eigenvalue weighted by Crippen LogP contribution is -2.09.